The Bertz CT molecular complexity index is 1340. The van der Waals surface area contributed by atoms with Gasteiger partial charge >= 0.3 is 0 Å². The summed E-state index contributed by atoms with van der Waals surface area (Å²) in [6.07, 6.45) is 0.564. The topological polar surface area (TPSA) is 70.2 Å². The van der Waals surface area contributed by atoms with Gasteiger partial charge in [0.1, 0.15) is 5.75 Å². The van der Waals surface area contributed by atoms with Crippen molar-refractivity contribution in [1.29, 1.82) is 0 Å². The molecule has 1 amide bonds. The van der Waals surface area contributed by atoms with Crippen LogP contribution < -0.4 is 13.9 Å². The summed E-state index contributed by atoms with van der Waals surface area (Å²) in [6, 6.07) is 19.4. The molecule has 7 nitrogen and oxygen atoms in total. The molecule has 0 N–H and O–H groups in total. The Kier molecular flexibility index (Phi) is 6.34. The van der Waals surface area contributed by atoms with Crippen LogP contribution in [0.4, 0.5) is 11.4 Å². The molecule has 0 bridgehead atoms. The SMILES string of the molecule is COc1ccc(N2CCN(C(=O)c3ccc4c(c3)CCN4S(=O)(=O)c3ccc(Cl)cc3)CC2)cc1. The summed E-state index contributed by atoms with van der Waals surface area (Å²) < 4.78 is 32.9. The largest absolute Gasteiger partial charge is 0.497 e. The second-order valence-corrected chi connectivity index (χ2v) is 10.9. The Morgan fingerprint density at radius 2 is 1.57 bits per heavy atom. The maximum Gasteiger partial charge on any atom is 0.264 e. The van der Waals surface area contributed by atoms with Gasteiger partial charge in [-0.25, -0.2) is 8.42 Å². The van der Waals surface area contributed by atoms with E-state index in [1.165, 1.54) is 16.4 Å². The summed E-state index contributed by atoms with van der Waals surface area (Å²) in [4.78, 5) is 17.5. The van der Waals surface area contributed by atoms with Gasteiger partial charge < -0.3 is 14.5 Å². The molecular formula is C26H26ClN3O4S. The van der Waals surface area contributed by atoms with Gasteiger partial charge in [-0.15, -0.1) is 0 Å². The Hall–Kier alpha value is -3.23. The van der Waals surface area contributed by atoms with Gasteiger partial charge in [-0.05, 0) is 78.7 Å². The number of piperazine rings is 1. The Balaban J connectivity index is 1.27. The molecular weight excluding hydrogens is 486 g/mol. The van der Waals surface area contributed by atoms with E-state index in [0.717, 1.165) is 30.1 Å². The lowest BCUT2D eigenvalue weighted by Crippen LogP contribution is -2.48. The summed E-state index contributed by atoms with van der Waals surface area (Å²) in [5, 5.41) is 0.485. The monoisotopic (exact) mass is 511 g/mol. The van der Waals surface area contributed by atoms with E-state index < -0.39 is 10.0 Å². The van der Waals surface area contributed by atoms with Crippen molar-refractivity contribution < 1.29 is 17.9 Å². The van der Waals surface area contributed by atoms with Crippen LogP contribution in [0.15, 0.2) is 71.6 Å². The van der Waals surface area contributed by atoms with Crippen molar-refractivity contribution in [3.8, 4) is 5.75 Å². The molecule has 0 saturated carbocycles. The van der Waals surface area contributed by atoms with E-state index in [-0.39, 0.29) is 10.8 Å². The second kappa shape index (κ2) is 9.43. The molecule has 0 aliphatic carbocycles. The van der Waals surface area contributed by atoms with Gasteiger partial charge in [0.25, 0.3) is 15.9 Å². The molecule has 0 atom stereocenters. The summed E-state index contributed by atoms with van der Waals surface area (Å²) in [5.41, 5.74) is 3.19. The minimum Gasteiger partial charge on any atom is -0.497 e. The van der Waals surface area contributed by atoms with Crippen LogP contribution in [0.2, 0.25) is 5.02 Å². The summed E-state index contributed by atoms with van der Waals surface area (Å²) >= 11 is 5.91. The van der Waals surface area contributed by atoms with Crippen molar-refractivity contribution in [1.82, 2.24) is 4.90 Å². The molecule has 5 rings (SSSR count). The third-order valence-corrected chi connectivity index (χ3v) is 8.66. The molecule has 2 aliphatic heterocycles. The van der Waals surface area contributed by atoms with Gasteiger partial charge in [0.05, 0.1) is 17.7 Å². The van der Waals surface area contributed by atoms with E-state index in [0.29, 0.717) is 42.3 Å². The molecule has 1 saturated heterocycles. The first kappa shape index (κ1) is 23.5. The molecule has 2 heterocycles. The maximum absolute atomic E-state index is 13.2. The number of anilines is 2. The van der Waals surface area contributed by atoms with Crippen molar-refractivity contribution in [2.75, 3.05) is 49.0 Å². The van der Waals surface area contributed by atoms with E-state index in [4.69, 9.17) is 16.3 Å². The number of halogens is 1. The first-order chi connectivity index (χ1) is 16.9. The standard InChI is InChI=1S/C26H26ClN3O4S/c1-34-23-7-5-22(6-8-23)28-14-16-29(17-15-28)26(31)20-2-11-25-19(18-20)12-13-30(25)35(32,33)24-9-3-21(27)4-10-24/h2-11,18H,12-17H2,1H3. The van der Waals surface area contributed by atoms with Crippen molar-refractivity contribution >= 4 is 38.9 Å². The molecule has 0 aromatic heterocycles. The number of sulfonamides is 1. The average molecular weight is 512 g/mol. The molecule has 9 heteroatoms. The lowest BCUT2D eigenvalue weighted by Gasteiger charge is -2.36. The Labute approximate surface area is 210 Å². The van der Waals surface area contributed by atoms with Gasteiger partial charge in [-0.3, -0.25) is 9.10 Å². The highest BCUT2D eigenvalue weighted by molar-refractivity contribution is 7.92. The summed E-state index contributed by atoms with van der Waals surface area (Å²) in [5.74, 6) is 0.792. The van der Waals surface area contributed by atoms with Crippen LogP contribution in [-0.4, -0.2) is 59.1 Å². The number of hydrogen-bond donors (Lipinski definition) is 0. The average Bonchev–Trinajstić information content (AvgIpc) is 3.33. The van der Waals surface area contributed by atoms with Gasteiger partial charge in [0, 0.05) is 49.0 Å². The van der Waals surface area contributed by atoms with Crippen LogP contribution in [0.25, 0.3) is 0 Å². The highest BCUT2D eigenvalue weighted by Gasteiger charge is 2.32. The van der Waals surface area contributed by atoms with E-state index in [2.05, 4.69) is 4.90 Å². The molecule has 182 valence electrons. The number of benzene rings is 3. The van der Waals surface area contributed by atoms with Gasteiger partial charge in [-0.1, -0.05) is 11.6 Å². The van der Waals surface area contributed by atoms with Crippen LogP contribution in [0.1, 0.15) is 15.9 Å². The van der Waals surface area contributed by atoms with E-state index in [1.54, 1.807) is 31.4 Å². The molecule has 35 heavy (non-hydrogen) atoms. The normalized spacial score (nSPS) is 15.8. The van der Waals surface area contributed by atoms with E-state index in [1.807, 2.05) is 35.2 Å². The van der Waals surface area contributed by atoms with Crippen molar-refractivity contribution in [3.63, 3.8) is 0 Å². The zero-order valence-corrected chi connectivity index (χ0v) is 20.9. The quantitative estimate of drug-likeness (QED) is 0.516. The first-order valence-corrected chi connectivity index (χ1v) is 13.3. The van der Waals surface area contributed by atoms with Crippen LogP contribution >= 0.6 is 11.6 Å². The molecule has 3 aromatic carbocycles. The molecule has 0 spiro atoms. The second-order valence-electron chi connectivity index (χ2n) is 8.60. The van der Waals surface area contributed by atoms with E-state index in [9.17, 15) is 13.2 Å². The number of hydrogen-bond acceptors (Lipinski definition) is 5. The number of fused-ring (bicyclic) bond motifs is 1. The number of carbonyl (C=O) groups is 1. The fourth-order valence-electron chi connectivity index (χ4n) is 4.63. The third kappa shape index (κ3) is 4.56. The maximum atomic E-state index is 13.2. The summed E-state index contributed by atoms with van der Waals surface area (Å²) in [7, 11) is -2.05. The van der Waals surface area contributed by atoms with Crippen LogP contribution in [0, 0.1) is 0 Å². The van der Waals surface area contributed by atoms with Gasteiger partial charge in [0.2, 0.25) is 0 Å². The fourth-order valence-corrected chi connectivity index (χ4v) is 6.26. The van der Waals surface area contributed by atoms with Gasteiger partial charge in [-0.2, -0.15) is 0 Å². The smallest absolute Gasteiger partial charge is 0.264 e. The minimum absolute atomic E-state index is 0.0267. The number of ether oxygens (including phenoxy) is 1. The molecule has 2 aliphatic rings. The summed E-state index contributed by atoms with van der Waals surface area (Å²) in [6.45, 7) is 3.09. The number of amides is 1. The Morgan fingerprint density at radius 1 is 0.886 bits per heavy atom. The predicted octanol–water partition coefficient (Wildman–Crippen LogP) is 4.06. The highest BCUT2D eigenvalue weighted by Crippen LogP contribution is 2.34. The van der Waals surface area contributed by atoms with Crippen LogP contribution in [0.3, 0.4) is 0 Å². The zero-order chi connectivity index (χ0) is 24.6. The van der Waals surface area contributed by atoms with E-state index >= 15 is 0 Å². The fraction of sp³-hybridized carbons (Fsp3) is 0.269. The van der Waals surface area contributed by atoms with Crippen molar-refractivity contribution in [2.45, 2.75) is 11.3 Å². The predicted molar refractivity (Wildman–Crippen MR) is 137 cm³/mol. The number of rotatable bonds is 5. The lowest BCUT2D eigenvalue weighted by molar-refractivity contribution is 0.0746. The number of nitrogens with zero attached hydrogens (tertiary/aromatic N) is 3. The zero-order valence-electron chi connectivity index (χ0n) is 19.4. The third-order valence-electron chi connectivity index (χ3n) is 6.59. The van der Waals surface area contributed by atoms with Crippen molar-refractivity contribution in [3.05, 3.63) is 82.9 Å². The number of carbonyl (C=O) groups excluding carboxylic acids is 1. The molecule has 0 unspecified atom stereocenters. The minimum atomic E-state index is -3.69. The van der Waals surface area contributed by atoms with Crippen LogP contribution in [0.5, 0.6) is 5.75 Å². The molecule has 0 radical (unpaired) electrons. The van der Waals surface area contributed by atoms with Crippen molar-refractivity contribution in [2.24, 2.45) is 0 Å². The first-order valence-electron chi connectivity index (χ1n) is 11.5. The number of methoxy groups -OCH3 is 1. The lowest BCUT2D eigenvalue weighted by atomic mass is 10.1. The Morgan fingerprint density at radius 3 is 2.23 bits per heavy atom. The van der Waals surface area contributed by atoms with Crippen LogP contribution in [-0.2, 0) is 16.4 Å². The molecule has 1 fully saturated rings. The van der Waals surface area contributed by atoms with Gasteiger partial charge in [0.15, 0.2) is 0 Å². The molecule has 3 aromatic rings. The highest BCUT2D eigenvalue weighted by atomic mass is 35.5.